The zero-order valence-electron chi connectivity index (χ0n) is 12.2. The molecule has 2 heterocycles. The Morgan fingerprint density at radius 1 is 1.28 bits per heavy atom. The zero-order chi connectivity index (χ0) is 12.8. The third-order valence-electron chi connectivity index (χ3n) is 4.38. The molecule has 0 amide bonds. The summed E-state index contributed by atoms with van der Waals surface area (Å²) < 4.78 is 0. The molecule has 0 spiro atoms. The van der Waals surface area contributed by atoms with Crippen molar-refractivity contribution in [2.75, 3.05) is 31.9 Å². The van der Waals surface area contributed by atoms with Gasteiger partial charge in [-0.05, 0) is 50.4 Å². The van der Waals surface area contributed by atoms with E-state index < -0.39 is 0 Å². The lowest BCUT2D eigenvalue weighted by molar-refractivity contribution is 0.146. The summed E-state index contributed by atoms with van der Waals surface area (Å²) in [7, 11) is 0. The molecule has 106 valence electrons. The number of nitrogens with zero attached hydrogens (tertiary/aromatic N) is 1. The van der Waals surface area contributed by atoms with Gasteiger partial charge < -0.3 is 10.2 Å². The molecule has 2 aliphatic heterocycles. The van der Waals surface area contributed by atoms with Gasteiger partial charge in [0.1, 0.15) is 0 Å². The molecule has 2 fully saturated rings. The zero-order valence-corrected chi connectivity index (χ0v) is 13.0. The van der Waals surface area contributed by atoms with Crippen LogP contribution in [-0.2, 0) is 0 Å². The Kier molecular flexibility index (Phi) is 6.33. The summed E-state index contributed by atoms with van der Waals surface area (Å²) in [4.78, 5) is 2.72. The second kappa shape index (κ2) is 7.76. The van der Waals surface area contributed by atoms with Crippen molar-refractivity contribution in [3.8, 4) is 0 Å². The van der Waals surface area contributed by atoms with Crippen molar-refractivity contribution in [2.24, 2.45) is 5.92 Å². The Balaban J connectivity index is 1.70. The summed E-state index contributed by atoms with van der Waals surface area (Å²) in [6.07, 6.45) is 6.96. The van der Waals surface area contributed by atoms with E-state index in [0.29, 0.717) is 0 Å². The smallest absolute Gasteiger partial charge is 0.0175 e. The van der Waals surface area contributed by atoms with Crippen LogP contribution in [0.1, 0.15) is 46.0 Å². The van der Waals surface area contributed by atoms with Gasteiger partial charge in [0.05, 0.1) is 0 Å². The second-order valence-corrected chi connectivity index (χ2v) is 7.48. The summed E-state index contributed by atoms with van der Waals surface area (Å²) in [6.45, 7) is 9.82. The Bertz CT molecular complexity index is 229. The highest BCUT2D eigenvalue weighted by atomic mass is 32.2. The van der Waals surface area contributed by atoms with E-state index in [2.05, 4.69) is 35.8 Å². The van der Waals surface area contributed by atoms with E-state index in [0.717, 1.165) is 17.2 Å². The average Bonchev–Trinajstić information content (AvgIpc) is 2.39. The minimum atomic E-state index is 0.764. The maximum atomic E-state index is 3.71. The molecular weight excluding hydrogens is 240 g/mol. The van der Waals surface area contributed by atoms with Crippen LogP contribution in [0.4, 0.5) is 0 Å². The number of thioether (sulfide) groups is 1. The largest absolute Gasteiger partial charge is 0.314 e. The van der Waals surface area contributed by atoms with Crippen LogP contribution in [0.5, 0.6) is 0 Å². The van der Waals surface area contributed by atoms with Crippen LogP contribution in [0.15, 0.2) is 0 Å². The van der Waals surface area contributed by atoms with E-state index in [1.165, 1.54) is 64.0 Å². The molecular formula is C15H30N2S. The van der Waals surface area contributed by atoms with Gasteiger partial charge in [0.15, 0.2) is 0 Å². The lowest BCUT2D eigenvalue weighted by Gasteiger charge is -2.39. The summed E-state index contributed by atoms with van der Waals surface area (Å²) in [5.41, 5.74) is 0. The molecule has 3 heteroatoms. The van der Waals surface area contributed by atoms with E-state index in [1.807, 2.05) is 0 Å². The number of rotatable bonds is 5. The van der Waals surface area contributed by atoms with E-state index in [1.54, 1.807) is 0 Å². The monoisotopic (exact) mass is 270 g/mol. The van der Waals surface area contributed by atoms with Crippen LogP contribution < -0.4 is 5.32 Å². The quantitative estimate of drug-likeness (QED) is 0.827. The Morgan fingerprint density at radius 3 is 2.83 bits per heavy atom. The minimum Gasteiger partial charge on any atom is -0.314 e. The predicted molar refractivity (Wildman–Crippen MR) is 82.4 cm³/mol. The van der Waals surface area contributed by atoms with Crippen LogP contribution in [0.2, 0.25) is 0 Å². The van der Waals surface area contributed by atoms with Crippen molar-refractivity contribution in [1.29, 1.82) is 0 Å². The molecule has 0 aliphatic carbocycles. The SMILES string of the molecule is CCCNC1CCN(CC2CCCCS2)CC1C. The van der Waals surface area contributed by atoms with Gasteiger partial charge in [-0.1, -0.05) is 20.3 Å². The van der Waals surface area contributed by atoms with Crippen molar-refractivity contribution in [2.45, 2.75) is 57.2 Å². The summed E-state index contributed by atoms with van der Waals surface area (Å²) >= 11 is 2.22. The van der Waals surface area contributed by atoms with Crippen LogP contribution >= 0.6 is 11.8 Å². The second-order valence-electron chi connectivity index (χ2n) is 6.07. The normalized spacial score (nSPS) is 34.7. The third-order valence-corrected chi connectivity index (χ3v) is 5.76. The highest BCUT2D eigenvalue weighted by Crippen LogP contribution is 2.27. The van der Waals surface area contributed by atoms with Crippen molar-refractivity contribution in [3.63, 3.8) is 0 Å². The summed E-state index contributed by atoms with van der Waals surface area (Å²) in [6, 6.07) is 0.764. The van der Waals surface area contributed by atoms with Gasteiger partial charge >= 0.3 is 0 Å². The summed E-state index contributed by atoms with van der Waals surface area (Å²) in [5.74, 6) is 2.22. The van der Waals surface area contributed by atoms with Gasteiger partial charge in [-0.15, -0.1) is 0 Å². The molecule has 2 saturated heterocycles. The van der Waals surface area contributed by atoms with Gasteiger partial charge in [-0.2, -0.15) is 11.8 Å². The first-order valence-electron chi connectivity index (χ1n) is 7.87. The molecule has 18 heavy (non-hydrogen) atoms. The van der Waals surface area contributed by atoms with E-state index in [9.17, 15) is 0 Å². The van der Waals surface area contributed by atoms with Crippen molar-refractivity contribution in [3.05, 3.63) is 0 Å². The molecule has 2 nitrogen and oxygen atoms in total. The van der Waals surface area contributed by atoms with Gasteiger partial charge in [0.25, 0.3) is 0 Å². The molecule has 0 saturated carbocycles. The molecule has 0 aromatic carbocycles. The highest BCUT2D eigenvalue weighted by molar-refractivity contribution is 7.99. The van der Waals surface area contributed by atoms with Gasteiger partial charge in [-0.3, -0.25) is 0 Å². The van der Waals surface area contributed by atoms with Crippen LogP contribution in [0, 0.1) is 5.92 Å². The lowest BCUT2D eigenvalue weighted by atomic mass is 9.93. The fourth-order valence-corrected chi connectivity index (χ4v) is 4.62. The standard InChI is InChI=1S/C15H30N2S/c1-3-8-16-15-7-9-17(11-13(15)2)12-14-6-4-5-10-18-14/h13-16H,3-12H2,1-2H3. The maximum absolute atomic E-state index is 3.71. The van der Waals surface area contributed by atoms with Crippen molar-refractivity contribution in [1.82, 2.24) is 10.2 Å². The lowest BCUT2D eigenvalue weighted by Crippen LogP contribution is -2.49. The third kappa shape index (κ3) is 4.43. The van der Waals surface area contributed by atoms with Crippen molar-refractivity contribution >= 4 is 11.8 Å². The molecule has 0 bridgehead atoms. The Labute approximate surface area is 117 Å². The molecule has 2 rings (SSSR count). The van der Waals surface area contributed by atoms with E-state index in [4.69, 9.17) is 0 Å². The van der Waals surface area contributed by atoms with Crippen LogP contribution in [0.25, 0.3) is 0 Å². The molecule has 0 aromatic rings. The first-order valence-corrected chi connectivity index (χ1v) is 8.91. The van der Waals surface area contributed by atoms with Gasteiger partial charge in [0.2, 0.25) is 0 Å². The Morgan fingerprint density at radius 2 is 2.17 bits per heavy atom. The molecule has 2 aliphatic rings. The first kappa shape index (κ1) is 14.7. The first-order chi connectivity index (χ1) is 8.79. The van der Waals surface area contributed by atoms with E-state index in [-0.39, 0.29) is 0 Å². The van der Waals surface area contributed by atoms with E-state index >= 15 is 0 Å². The molecule has 0 radical (unpaired) electrons. The number of hydrogen-bond donors (Lipinski definition) is 1. The topological polar surface area (TPSA) is 15.3 Å². The van der Waals surface area contributed by atoms with Crippen LogP contribution in [-0.4, -0.2) is 48.1 Å². The van der Waals surface area contributed by atoms with Gasteiger partial charge in [-0.25, -0.2) is 0 Å². The van der Waals surface area contributed by atoms with Crippen molar-refractivity contribution < 1.29 is 0 Å². The fourth-order valence-electron chi connectivity index (χ4n) is 3.27. The number of nitrogens with one attached hydrogen (secondary N) is 1. The van der Waals surface area contributed by atoms with Crippen LogP contribution in [0.3, 0.4) is 0 Å². The molecule has 0 aromatic heterocycles. The number of hydrogen-bond acceptors (Lipinski definition) is 3. The number of likely N-dealkylation sites (tertiary alicyclic amines) is 1. The fraction of sp³-hybridized carbons (Fsp3) is 1.00. The Hall–Kier alpha value is 0.270. The van der Waals surface area contributed by atoms with Gasteiger partial charge in [0, 0.05) is 24.4 Å². The minimum absolute atomic E-state index is 0.764. The number of piperidine rings is 1. The average molecular weight is 270 g/mol. The highest BCUT2D eigenvalue weighted by Gasteiger charge is 2.27. The molecule has 3 atom stereocenters. The maximum Gasteiger partial charge on any atom is 0.0175 e. The predicted octanol–water partition coefficient (Wildman–Crippen LogP) is 2.98. The molecule has 3 unspecified atom stereocenters. The molecule has 1 N–H and O–H groups in total. The summed E-state index contributed by atoms with van der Waals surface area (Å²) in [5, 5.41) is 4.64.